The lowest BCUT2D eigenvalue weighted by Gasteiger charge is -2.32. The molecule has 0 heterocycles. The Kier molecular flexibility index (Phi) is 4.81. The summed E-state index contributed by atoms with van der Waals surface area (Å²) in [6.45, 7) is 2.05. The minimum absolute atomic E-state index is 0.216. The number of hydrogen-bond donors (Lipinski definition) is 2. The molecule has 24 heavy (non-hydrogen) atoms. The zero-order valence-electron chi connectivity index (χ0n) is 13.5. The van der Waals surface area contributed by atoms with Crippen LogP contribution in [0.25, 0.3) is 0 Å². The van der Waals surface area contributed by atoms with Gasteiger partial charge in [-0.15, -0.1) is 0 Å². The van der Waals surface area contributed by atoms with Crippen LogP contribution in [-0.2, 0) is 5.54 Å². The van der Waals surface area contributed by atoms with Gasteiger partial charge in [-0.3, -0.25) is 0 Å². The Morgan fingerprint density at radius 2 is 1.58 bits per heavy atom. The fraction of sp³-hybridized carbons (Fsp3) is 0.316. The average Bonchev–Trinajstić information content (AvgIpc) is 3.01. The van der Waals surface area contributed by atoms with Crippen molar-refractivity contribution in [1.82, 2.24) is 5.32 Å². The summed E-state index contributed by atoms with van der Waals surface area (Å²) in [7, 11) is 0. The van der Waals surface area contributed by atoms with Crippen molar-refractivity contribution in [3.05, 3.63) is 65.2 Å². The van der Waals surface area contributed by atoms with Crippen molar-refractivity contribution in [2.75, 3.05) is 5.32 Å². The van der Waals surface area contributed by atoms with Crippen LogP contribution in [0.1, 0.15) is 36.8 Å². The summed E-state index contributed by atoms with van der Waals surface area (Å²) in [6.07, 6.45) is 4.07. The van der Waals surface area contributed by atoms with Crippen molar-refractivity contribution in [3.8, 4) is 0 Å². The van der Waals surface area contributed by atoms with E-state index < -0.39 is 11.6 Å². The number of benzene rings is 2. The molecule has 1 aliphatic carbocycles. The van der Waals surface area contributed by atoms with Crippen LogP contribution in [0.5, 0.6) is 0 Å². The molecule has 0 amide bonds. The lowest BCUT2D eigenvalue weighted by atomic mass is 9.88. The highest BCUT2D eigenvalue weighted by atomic mass is 32.1. The van der Waals surface area contributed by atoms with Crippen LogP contribution in [0.4, 0.5) is 14.5 Å². The van der Waals surface area contributed by atoms with E-state index in [1.165, 1.54) is 23.8 Å². The van der Waals surface area contributed by atoms with Gasteiger partial charge in [0, 0.05) is 0 Å². The molecular weight excluding hydrogens is 326 g/mol. The van der Waals surface area contributed by atoms with Crippen molar-refractivity contribution in [2.24, 2.45) is 0 Å². The predicted octanol–water partition coefficient (Wildman–Crippen LogP) is 5.03. The first-order valence-electron chi connectivity index (χ1n) is 8.10. The topological polar surface area (TPSA) is 24.1 Å². The van der Waals surface area contributed by atoms with Gasteiger partial charge in [0.05, 0.1) is 5.54 Å². The van der Waals surface area contributed by atoms with Crippen molar-refractivity contribution in [2.45, 2.75) is 38.1 Å². The van der Waals surface area contributed by atoms with Gasteiger partial charge < -0.3 is 10.6 Å². The molecule has 0 bridgehead atoms. The van der Waals surface area contributed by atoms with Crippen LogP contribution in [0.15, 0.2) is 42.5 Å². The lowest BCUT2D eigenvalue weighted by Crippen LogP contribution is -2.45. The van der Waals surface area contributed by atoms with E-state index in [9.17, 15) is 8.78 Å². The maximum Gasteiger partial charge on any atom is 0.171 e. The number of halogens is 2. The van der Waals surface area contributed by atoms with Crippen LogP contribution < -0.4 is 10.6 Å². The zero-order valence-corrected chi connectivity index (χ0v) is 14.4. The first-order valence-corrected chi connectivity index (χ1v) is 8.51. The fourth-order valence-corrected chi connectivity index (χ4v) is 3.61. The van der Waals surface area contributed by atoms with Crippen LogP contribution in [0.2, 0.25) is 0 Å². The number of hydrogen-bond acceptors (Lipinski definition) is 1. The van der Waals surface area contributed by atoms with Crippen molar-refractivity contribution >= 4 is 23.0 Å². The smallest absolute Gasteiger partial charge is 0.171 e. The third-order valence-electron chi connectivity index (χ3n) is 4.62. The summed E-state index contributed by atoms with van der Waals surface area (Å²) < 4.78 is 27.6. The van der Waals surface area contributed by atoms with Gasteiger partial charge in [0.2, 0.25) is 0 Å². The molecule has 2 aromatic rings. The maximum atomic E-state index is 13.8. The van der Waals surface area contributed by atoms with E-state index in [-0.39, 0.29) is 16.3 Å². The van der Waals surface area contributed by atoms with E-state index in [1.807, 2.05) is 6.92 Å². The molecule has 0 atom stereocenters. The number of nitrogens with one attached hydrogen (secondary N) is 2. The molecule has 3 rings (SSSR count). The molecule has 5 heteroatoms. The van der Waals surface area contributed by atoms with Gasteiger partial charge in [-0.05, 0) is 49.7 Å². The summed E-state index contributed by atoms with van der Waals surface area (Å²) in [5.74, 6) is -1.31. The molecule has 0 aliphatic heterocycles. The third kappa shape index (κ3) is 3.41. The summed E-state index contributed by atoms with van der Waals surface area (Å²) in [4.78, 5) is 0. The quantitative estimate of drug-likeness (QED) is 0.762. The van der Waals surface area contributed by atoms with Gasteiger partial charge >= 0.3 is 0 Å². The number of aryl methyl sites for hydroxylation is 1. The van der Waals surface area contributed by atoms with Crippen LogP contribution in [-0.4, -0.2) is 5.11 Å². The van der Waals surface area contributed by atoms with E-state index >= 15 is 0 Å². The van der Waals surface area contributed by atoms with Crippen molar-refractivity contribution < 1.29 is 8.78 Å². The van der Waals surface area contributed by atoms with Crippen LogP contribution in [0, 0.1) is 18.6 Å². The zero-order chi connectivity index (χ0) is 17.2. The largest absolute Gasteiger partial charge is 0.353 e. The van der Waals surface area contributed by atoms with E-state index in [0.717, 1.165) is 31.2 Å². The Labute approximate surface area is 146 Å². The monoisotopic (exact) mass is 346 g/mol. The molecule has 1 saturated carbocycles. The van der Waals surface area contributed by atoms with Gasteiger partial charge in [0.25, 0.3) is 0 Å². The highest BCUT2D eigenvalue weighted by Crippen LogP contribution is 2.39. The SMILES string of the molecule is Cc1ccc(C2(NC(=S)Nc3c(F)cccc3F)CCCC2)cc1. The molecule has 0 radical (unpaired) electrons. The lowest BCUT2D eigenvalue weighted by molar-refractivity contribution is 0.408. The number of thiocarbonyl (C=S) groups is 1. The van der Waals surface area contributed by atoms with Crippen molar-refractivity contribution in [1.29, 1.82) is 0 Å². The van der Waals surface area contributed by atoms with Crippen molar-refractivity contribution in [3.63, 3.8) is 0 Å². The Hall–Kier alpha value is -2.01. The Morgan fingerprint density at radius 1 is 1.00 bits per heavy atom. The summed E-state index contributed by atoms with van der Waals surface area (Å²) in [5.41, 5.74) is 1.86. The molecule has 0 unspecified atom stereocenters. The minimum Gasteiger partial charge on any atom is -0.353 e. The minimum atomic E-state index is -0.657. The van der Waals surface area contributed by atoms with Crippen LogP contribution in [0.3, 0.4) is 0 Å². The molecule has 126 valence electrons. The molecule has 1 fully saturated rings. The summed E-state index contributed by atoms with van der Waals surface area (Å²) in [5, 5.41) is 6.24. The second-order valence-corrected chi connectivity index (χ2v) is 6.74. The maximum absolute atomic E-state index is 13.8. The molecule has 1 aliphatic rings. The molecule has 0 saturated heterocycles. The van der Waals surface area contributed by atoms with E-state index in [2.05, 4.69) is 34.9 Å². The predicted molar refractivity (Wildman–Crippen MR) is 97.0 cm³/mol. The molecule has 0 spiro atoms. The third-order valence-corrected chi connectivity index (χ3v) is 4.82. The summed E-state index contributed by atoms with van der Waals surface area (Å²) >= 11 is 5.33. The number of para-hydroxylation sites is 1. The van der Waals surface area contributed by atoms with E-state index in [0.29, 0.717) is 0 Å². The Balaban J connectivity index is 1.81. The second-order valence-electron chi connectivity index (χ2n) is 6.33. The van der Waals surface area contributed by atoms with Crippen LogP contribution >= 0.6 is 12.2 Å². The van der Waals surface area contributed by atoms with Gasteiger partial charge in [0.15, 0.2) is 5.11 Å². The van der Waals surface area contributed by atoms with Gasteiger partial charge in [-0.25, -0.2) is 8.78 Å². The molecule has 0 aromatic heterocycles. The molecular formula is C19H20F2N2S. The normalized spacial score (nSPS) is 16.0. The first kappa shape index (κ1) is 16.8. The fourth-order valence-electron chi connectivity index (χ4n) is 3.32. The first-order chi connectivity index (χ1) is 11.5. The highest BCUT2D eigenvalue weighted by molar-refractivity contribution is 7.80. The standard InChI is InChI=1S/C19H20F2N2S/c1-13-7-9-14(10-8-13)19(11-2-3-12-19)23-18(24)22-17-15(20)5-4-6-16(17)21/h4-10H,2-3,11-12H2,1H3,(H2,22,23,24). The molecule has 2 aromatic carbocycles. The number of rotatable bonds is 3. The molecule has 2 nitrogen and oxygen atoms in total. The van der Waals surface area contributed by atoms with Gasteiger partial charge in [0.1, 0.15) is 17.3 Å². The second kappa shape index (κ2) is 6.85. The Bertz CT molecular complexity index is 717. The number of anilines is 1. The average molecular weight is 346 g/mol. The van der Waals surface area contributed by atoms with Gasteiger partial charge in [-0.1, -0.05) is 48.7 Å². The van der Waals surface area contributed by atoms with E-state index in [1.54, 1.807) is 0 Å². The van der Waals surface area contributed by atoms with Gasteiger partial charge in [-0.2, -0.15) is 0 Å². The van der Waals surface area contributed by atoms with E-state index in [4.69, 9.17) is 12.2 Å². The molecule has 2 N–H and O–H groups in total. The Morgan fingerprint density at radius 3 is 2.17 bits per heavy atom. The highest BCUT2D eigenvalue weighted by Gasteiger charge is 2.36. The summed E-state index contributed by atoms with van der Waals surface area (Å²) in [6, 6.07) is 12.1.